The zero-order valence-corrected chi connectivity index (χ0v) is 17.2. The third-order valence-corrected chi connectivity index (χ3v) is 5.89. The van der Waals surface area contributed by atoms with Crippen LogP contribution in [0.25, 0.3) is 0 Å². The molecule has 2 amide bonds. The van der Waals surface area contributed by atoms with E-state index < -0.39 is 0 Å². The van der Waals surface area contributed by atoms with Crippen molar-refractivity contribution in [2.24, 2.45) is 11.8 Å². The molecule has 1 aromatic rings. The van der Waals surface area contributed by atoms with Gasteiger partial charge in [-0.3, -0.25) is 25.3 Å². The number of ether oxygens (including phenoxy) is 1. The highest BCUT2D eigenvalue weighted by atomic mass is 32.1. The number of thiocarbonyl (C=S) groups is 1. The first-order valence-electron chi connectivity index (χ1n) is 9.83. The molecule has 3 rings (SSSR count). The lowest BCUT2D eigenvalue weighted by atomic mass is 9.78. The summed E-state index contributed by atoms with van der Waals surface area (Å²) in [5, 5.41) is 3.69. The molecule has 3 atom stereocenters. The SMILES string of the molecule is C[C@H]1[C@@H](NC(=S)NNC(=O)CN2C(=O)CCOc3ccccc32)CCC[C@@H]1C. The molecule has 1 heterocycles. The number of benzene rings is 1. The monoisotopic (exact) mass is 404 g/mol. The third-order valence-electron chi connectivity index (χ3n) is 5.67. The number of para-hydroxylation sites is 2. The van der Waals surface area contributed by atoms with Crippen molar-refractivity contribution in [2.45, 2.75) is 45.6 Å². The minimum absolute atomic E-state index is 0.105. The second kappa shape index (κ2) is 9.23. The Labute approximate surface area is 171 Å². The zero-order chi connectivity index (χ0) is 20.1. The Morgan fingerprint density at radius 1 is 1.25 bits per heavy atom. The molecule has 1 aromatic carbocycles. The summed E-state index contributed by atoms with van der Waals surface area (Å²) in [6.45, 7) is 4.69. The molecule has 0 unspecified atom stereocenters. The first kappa shape index (κ1) is 20.4. The van der Waals surface area contributed by atoms with E-state index in [1.165, 1.54) is 17.7 Å². The van der Waals surface area contributed by atoms with Gasteiger partial charge in [-0.15, -0.1) is 0 Å². The van der Waals surface area contributed by atoms with Gasteiger partial charge in [0.05, 0.1) is 18.7 Å². The Bertz CT molecular complexity index is 742. The van der Waals surface area contributed by atoms with Gasteiger partial charge in [0.2, 0.25) is 5.91 Å². The van der Waals surface area contributed by atoms with Gasteiger partial charge < -0.3 is 10.1 Å². The van der Waals surface area contributed by atoms with Crippen molar-refractivity contribution >= 4 is 34.8 Å². The zero-order valence-electron chi connectivity index (χ0n) is 16.4. The lowest BCUT2D eigenvalue weighted by Crippen LogP contribution is -2.54. The molecule has 1 aliphatic heterocycles. The molecule has 7 nitrogen and oxygen atoms in total. The third kappa shape index (κ3) is 4.92. The van der Waals surface area contributed by atoms with E-state index in [9.17, 15) is 9.59 Å². The summed E-state index contributed by atoms with van der Waals surface area (Å²) in [5.74, 6) is 1.28. The first-order chi connectivity index (χ1) is 13.5. The largest absolute Gasteiger partial charge is 0.491 e. The van der Waals surface area contributed by atoms with Crippen LogP contribution in [0.5, 0.6) is 5.75 Å². The molecule has 0 aromatic heterocycles. The molecule has 28 heavy (non-hydrogen) atoms. The van der Waals surface area contributed by atoms with Gasteiger partial charge in [-0.25, -0.2) is 0 Å². The fraction of sp³-hybridized carbons (Fsp3) is 0.550. The summed E-state index contributed by atoms with van der Waals surface area (Å²) in [7, 11) is 0. The lowest BCUT2D eigenvalue weighted by molar-refractivity contribution is -0.124. The number of nitrogens with zero attached hydrogens (tertiary/aromatic N) is 1. The second-order valence-electron chi connectivity index (χ2n) is 7.57. The van der Waals surface area contributed by atoms with Crippen molar-refractivity contribution in [1.29, 1.82) is 0 Å². The van der Waals surface area contributed by atoms with Gasteiger partial charge in [0.25, 0.3) is 5.91 Å². The highest BCUT2D eigenvalue weighted by Crippen LogP contribution is 2.31. The Morgan fingerprint density at radius 3 is 2.86 bits per heavy atom. The summed E-state index contributed by atoms with van der Waals surface area (Å²) >= 11 is 5.32. The number of fused-ring (bicyclic) bond motifs is 1. The van der Waals surface area contributed by atoms with Gasteiger partial charge in [-0.2, -0.15) is 0 Å². The van der Waals surface area contributed by atoms with Gasteiger partial charge in [-0.05, 0) is 42.6 Å². The van der Waals surface area contributed by atoms with Crippen LogP contribution in [0.1, 0.15) is 39.5 Å². The summed E-state index contributed by atoms with van der Waals surface area (Å²) in [6.07, 6.45) is 3.72. The quantitative estimate of drug-likeness (QED) is 0.529. The molecule has 3 N–H and O–H groups in total. The maximum Gasteiger partial charge on any atom is 0.258 e. The average Bonchev–Trinajstić information content (AvgIpc) is 2.83. The standard InChI is InChI=1S/C20H28N4O3S/c1-13-6-5-7-15(14(13)2)21-20(28)23-22-18(25)12-24-16-8-3-4-9-17(16)27-11-10-19(24)26/h3-4,8-9,13-15H,5-7,10-12H2,1-2H3,(H,22,25)(H2,21,23,28)/t13-,14+,15-/m0/s1. The Hall–Kier alpha value is -2.35. The normalized spacial score (nSPS) is 24.4. The van der Waals surface area contributed by atoms with E-state index in [4.69, 9.17) is 17.0 Å². The van der Waals surface area contributed by atoms with E-state index in [0.717, 1.165) is 6.42 Å². The maximum atomic E-state index is 12.4. The fourth-order valence-corrected chi connectivity index (χ4v) is 4.00. The number of anilines is 1. The van der Waals surface area contributed by atoms with Gasteiger partial charge in [0, 0.05) is 6.04 Å². The number of hydrogen-bond acceptors (Lipinski definition) is 4. The minimum Gasteiger partial charge on any atom is -0.491 e. The highest BCUT2D eigenvalue weighted by Gasteiger charge is 2.28. The summed E-state index contributed by atoms with van der Waals surface area (Å²) < 4.78 is 5.59. The van der Waals surface area contributed by atoms with Crippen LogP contribution in [0.2, 0.25) is 0 Å². The van der Waals surface area contributed by atoms with Crippen LogP contribution >= 0.6 is 12.2 Å². The second-order valence-corrected chi connectivity index (χ2v) is 7.97. The Kier molecular flexibility index (Phi) is 6.72. The van der Waals surface area contributed by atoms with Crippen LogP contribution in [-0.4, -0.2) is 36.1 Å². The van der Waals surface area contributed by atoms with Crippen molar-refractivity contribution in [3.63, 3.8) is 0 Å². The van der Waals surface area contributed by atoms with Crippen LogP contribution < -0.4 is 25.8 Å². The molecule has 0 spiro atoms. The van der Waals surface area contributed by atoms with Gasteiger partial charge >= 0.3 is 0 Å². The topological polar surface area (TPSA) is 82.7 Å². The van der Waals surface area contributed by atoms with Gasteiger partial charge in [0.1, 0.15) is 12.3 Å². The van der Waals surface area contributed by atoms with Crippen LogP contribution in [0, 0.1) is 11.8 Å². The molecule has 152 valence electrons. The molecule has 0 saturated heterocycles. The molecule has 0 radical (unpaired) electrons. The number of carbonyl (C=O) groups is 2. The van der Waals surface area contributed by atoms with Crippen molar-refractivity contribution in [1.82, 2.24) is 16.2 Å². The molecule has 8 heteroatoms. The van der Waals surface area contributed by atoms with Crippen LogP contribution in [-0.2, 0) is 9.59 Å². The van der Waals surface area contributed by atoms with Crippen LogP contribution in [0.3, 0.4) is 0 Å². The van der Waals surface area contributed by atoms with Crippen molar-refractivity contribution < 1.29 is 14.3 Å². The predicted molar refractivity (Wildman–Crippen MR) is 112 cm³/mol. The van der Waals surface area contributed by atoms with E-state index >= 15 is 0 Å². The number of hydrazine groups is 1. The molecule has 2 aliphatic rings. The van der Waals surface area contributed by atoms with Gasteiger partial charge in [0.15, 0.2) is 5.11 Å². The predicted octanol–water partition coefficient (Wildman–Crippen LogP) is 2.12. The van der Waals surface area contributed by atoms with Crippen molar-refractivity contribution in [3.8, 4) is 5.75 Å². The molecular weight excluding hydrogens is 376 g/mol. The summed E-state index contributed by atoms with van der Waals surface area (Å²) in [5.41, 5.74) is 5.95. The molecule has 0 bridgehead atoms. The number of hydrogen-bond donors (Lipinski definition) is 3. The Morgan fingerprint density at radius 2 is 2.04 bits per heavy atom. The molecular formula is C20H28N4O3S. The molecule has 1 saturated carbocycles. The highest BCUT2D eigenvalue weighted by molar-refractivity contribution is 7.80. The summed E-state index contributed by atoms with van der Waals surface area (Å²) in [4.78, 5) is 26.2. The van der Waals surface area contributed by atoms with E-state index in [-0.39, 0.29) is 24.8 Å². The van der Waals surface area contributed by atoms with E-state index in [1.807, 2.05) is 12.1 Å². The molecule has 1 aliphatic carbocycles. The van der Waals surface area contributed by atoms with Gasteiger partial charge in [-0.1, -0.05) is 38.8 Å². The number of nitrogens with one attached hydrogen (secondary N) is 3. The van der Waals surface area contributed by atoms with E-state index in [0.29, 0.717) is 41.0 Å². The van der Waals surface area contributed by atoms with Crippen molar-refractivity contribution in [3.05, 3.63) is 24.3 Å². The summed E-state index contributed by atoms with van der Waals surface area (Å²) in [6, 6.07) is 7.53. The average molecular weight is 405 g/mol. The fourth-order valence-electron chi connectivity index (χ4n) is 3.79. The smallest absolute Gasteiger partial charge is 0.258 e. The number of amides is 2. The Balaban J connectivity index is 1.52. The lowest BCUT2D eigenvalue weighted by Gasteiger charge is -2.35. The number of rotatable bonds is 3. The first-order valence-corrected chi connectivity index (χ1v) is 10.2. The molecule has 1 fully saturated rings. The maximum absolute atomic E-state index is 12.4. The minimum atomic E-state index is -0.348. The van der Waals surface area contributed by atoms with E-state index in [1.54, 1.807) is 12.1 Å². The van der Waals surface area contributed by atoms with Crippen LogP contribution in [0.4, 0.5) is 5.69 Å². The van der Waals surface area contributed by atoms with Crippen LogP contribution in [0.15, 0.2) is 24.3 Å². The number of carbonyl (C=O) groups excluding carboxylic acids is 2. The van der Waals surface area contributed by atoms with E-state index in [2.05, 4.69) is 30.0 Å². The van der Waals surface area contributed by atoms with Crippen molar-refractivity contribution in [2.75, 3.05) is 18.1 Å².